The van der Waals surface area contributed by atoms with Gasteiger partial charge in [0.05, 0.1) is 17.1 Å². The van der Waals surface area contributed by atoms with E-state index in [-0.39, 0.29) is 11.5 Å². The predicted octanol–water partition coefficient (Wildman–Crippen LogP) is 12.6. The number of aromatic nitrogens is 1. The molecule has 3 aliphatic rings. The molecule has 2 unspecified atom stereocenters. The SMILES string of the molecule is CC12C=C(c3ccc4c(c3)c3ccccc3n4-c3ccccc3)C=CC1N(c1ccc(N(C3=CCCC=C3)c3ccccc3)cc1)c1ccccc12. The van der Waals surface area contributed by atoms with Gasteiger partial charge in [0.1, 0.15) is 0 Å². The van der Waals surface area contributed by atoms with Crippen molar-refractivity contribution in [3.8, 4) is 5.69 Å². The third-order valence-corrected chi connectivity index (χ3v) is 11.2. The van der Waals surface area contributed by atoms with Gasteiger partial charge in [-0.05, 0) is 115 Å². The average Bonchev–Trinajstić information content (AvgIpc) is 3.68. The van der Waals surface area contributed by atoms with Crippen molar-refractivity contribution in [1.29, 1.82) is 0 Å². The van der Waals surface area contributed by atoms with Crippen LogP contribution in [0.5, 0.6) is 0 Å². The molecule has 0 radical (unpaired) electrons. The van der Waals surface area contributed by atoms with Crippen LogP contribution in [0.2, 0.25) is 0 Å². The molecule has 2 aliphatic carbocycles. The molecule has 10 rings (SSSR count). The molecule has 0 bridgehead atoms. The molecular weight excluding hydrogens is 631 g/mol. The van der Waals surface area contributed by atoms with E-state index in [0.717, 1.165) is 18.5 Å². The molecule has 52 heavy (non-hydrogen) atoms. The second-order valence-electron chi connectivity index (χ2n) is 14.3. The molecule has 0 N–H and O–H groups in total. The standard InChI is InChI=1S/C49H39N3/c1-49-34-36(35-25-31-46-43(33-35)42-21-11-13-23-45(42)51(46)39-19-9-4-10-20-39)26-32-48(49)52(47-24-14-12-22-44(47)49)41-29-27-40(28-30-41)50(37-15-5-2-6-16-37)38-17-7-3-8-18-38/h2,4-7,9-34,48H,3,8H2,1H3. The molecule has 3 nitrogen and oxygen atoms in total. The van der Waals surface area contributed by atoms with Crippen LogP contribution in [0, 0.1) is 0 Å². The quantitative estimate of drug-likeness (QED) is 0.175. The van der Waals surface area contributed by atoms with Crippen molar-refractivity contribution in [3.05, 3.63) is 205 Å². The Morgan fingerprint density at radius 1 is 0.615 bits per heavy atom. The maximum atomic E-state index is 2.53. The van der Waals surface area contributed by atoms with E-state index in [2.05, 4.69) is 209 Å². The summed E-state index contributed by atoms with van der Waals surface area (Å²) in [5.41, 5.74) is 13.3. The number of allylic oxidation sites excluding steroid dienone is 5. The zero-order chi connectivity index (χ0) is 34.6. The van der Waals surface area contributed by atoms with Gasteiger partial charge in [-0.1, -0.05) is 109 Å². The number of hydrogen-bond acceptors (Lipinski definition) is 2. The van der Waals surface area contributed by atoms with Gasteiger partial charge in [0, 0.05) is 50.3 Å². The summed E-state index contributed by atoms with van der Waals surface area (Å²) in [6.45, 7) is 2.41. The Balaban J connectivity index is 1.03. The zero-order valence-electron chi connectivity index (χ0n) is 29.2. The van der Waals surface area contributed by atoms with Crippen LogP contribution in [0.4, 0.5) is 22.7 Å². The molecule has 250 valence electrons. The maximum Gasteiger partial charge on any atom is 0.0655 e. The van der Waals surface area contributed by atoms with Gasteiger partial charge in [0.15, 0.2) is 0 Å². The van der Waals surface area contributed by atoms with Crippen molar-refractivity contribution in [1.82, 2.24) is 4.57 Å². The molecule has 0 fully saturated rings. The van der Waals surface area contributed by atoms with Gasteiger partial charge in [0.25, 0.3) is 0 Å². The Labute approximate surface area is 305 Å². The Hall–Kier alpha value is -6.32. The van der Waals surface area contributed by atoms with E-state index in [4.69, 9.17) is 0 Å². The fourth-order valence-corrected chi connectivity index (χ4v) is 8.77. The van der Waals surface area contributed by atoms with Gasteiger partial charge in [-0.15, -0.1) is 0 Å². The molecule has 7 aromatic rings. The number of rotatable bonds is 6. The van der Waals surface area contributed by atoms with Gasteiger partial charge in [-0.25, -0.2) is 0 Å². The highest BCUT2D eigenvalue weighted by Crippen LogP contribution is 2.53. The first-order valence-electron chi connectivity index (χ1n) is 18.4. The van der Waals surface area contributed by atoms with Crippen LogP contribution < -0.4 is 9.80 Å². The Morgan fingerprint density at radius 2 is 1.33 bits per heavy atom. The van der Waals surface area contributed by atoms with Crippen LogP contribution in [-0.2, 0) is 5.41 Å². The van der Waals surface area contributed by atoms with Crippen LogP contribution in [0.1, 0.15) is 30.9 Å². The van der Waals surface area contributed by atoms with Gasteiger partial charge < -0.3 is 14.4 Å². The molecule has 1 aromatic heterocycles. The van der Waals surface area contributed by atoms with Crippen molar-refractivity contribution in [2.75, 3.05) is 9.80 Å². The Bertz CT molecular complexity index is 2590. The fraction of sp³-hybridized carbons (Fsp3) is 0.102. The number of fused-ring (bicyclic) bond motifs is 6. The number of anilines is 4. The summed E-state index contributed by atoms with van der Waals surface area (Å²) < 4.78 is 2.38. The van der Waals surface area contributed by atoms with Gasteiger partial charge in [-0.3, -0.25) is 0 Å². The molecule has 2 heterocycles. The van der Waals surface area contributed by atoms with E-state index >= 15 is 0 Å². The fourth-order valence-electron chi connectivity index (χ4n) is 8.77. The molecule has 3 heteroatoms. The lowest BCUT2D eigenvalue weighted by molar-refractivity contribution is 0.553. The molecular formula is C49H39N3. The van der Waals surface area contributed by atoms with Crippen LogP contribution in [-0.4, -0.2) is 10.6 Å². The molecule has 0 saturated carbocycles. The van der Waals surface area contributed by atoms with Crippen molar-refractivity contribution in [3.63, 3.8) is 0 Å². The first-order valence-corrected chi connectivity index (χ1v) is 18.4. The van der Waals surface area contributed by atoms with E-state index in [1.807, 2.05) is 0 Å². The summed E-state index contributed by atoms with van der Waals surface area (Å²) in [6, 6.07) is 55.4. The smallest absolute Gasteiger partial charge is 0.0655 e. The molecule has 1 aliphatic heterocycles. The summed E-state index contributed by atoms with van der Waals surface area (Å²) in [5, 5.41) is 2.55. The van der Waals surface area contributed by atoms with E-state index in [9.17, 15) is 0 Å². The lowest BCUT2D eigenvalue weighted by Crippen LogP contribution is -2.39. The minimum absolute atomic E-state index is 0.150. The molecule has 2 atom stereocenters. The average molecular weight is 670 g/mol. The van der Waals surface area contributed by atoms with Gasteiger partial charge in [0.2, 0.25) is 0 Å². The number of hydrogen-bond donors (Lipinski definition) is 0. The Kier molecular flexibility index (Phi) is 7.14. The minimum Gasteiger partial charge on any atom is -0.333 e. The number of benzene rings is 6. The van der Waals surface area contributed by atoms with E-state index in [1.165, 1.54) is 67.0 Å². The largest absolute Gasteiger partial charge is 0.333 e. The highest BCUT2D eigenvalue weighted by atomic mass is 15.2. The maximum absolute atomic E-state index is 2.53. The third-order valence-electron chi connectivity index (χ3n) is 11.2. The third kappa shape index (κ3) is 4.81. The first kappa shape index (κ1) is 30.5. The Morgan fingerprint density at radius 3 is 2.13 bits per heavy atom. The van der Waals surface area contributed by atoms with E-state index in [0.29, 0.717) is 0 Å². The summed E-state index contributed by atoms with van der Waals surface area (Å²) in [4.78, 5) is 4.90. The van der Waals surface area contributed by atoms with Crippen LogP contribution >= 0.6 is 0 Å². The number of nitrogens with zero attached hydrogens (tertiary/aromatic N) is 3. The van der Waals surface area contributed by atoms with Crippen molar-refractivity contribution in [2.24, 2.45) is 0 Å². The second-order valence-corrected chi connectivity index (χ2v) is 14.3. The predicted molar refractivity (Wildman–Crippen MR) is 219 cm³/mol. The molecule has 0 spiro atoms. The van der Waals surface area contributed by atoms with Crippen LogP contribution in [0.15, 0.2) is 194 Å². The van der Waals surface area contributed by atoms with E-state index < -0.39 is 0 Å². The zero-order valence-corrected chi connectivity index (χ0v) is 29.2. The van der Waals surface area contributed by atoms with E-state index in [1.54, 1.807) is 0 Å². The molecule has 6 aromatic carbocycles. The van der Waals surface area contributed by atoms with Gasteiger partial charge >= 0.3 is 0 Å². The van der Waals surface area contributed by atoms with Crippen LogP contribution in [0.3, 0.4) is 0 Å². The first-order chi connectivity index (χ1) is 25.7. The summed E-state index contributed by atoms with van der Waals surface area (Å²) in [6.07, 6.45) is 16.3. The molecule has 0 saturated heterocycles. The monoisotopic (exact) mass is 669 g/mol. The minimum atomic E-state index is -0.208. The molecule has 0 amide bonds. The lowest BCUT2D eigenvalue weighted by Gasteiger charge is -2.36. The van der Waals surface area contributed by atoms with Crippen molar-refractivity contribution in [2.45, 2.75) is 31.2 Å². The van der Waals surface area contributed by atoms with Crippen LogP contribution in [0.25, 0.3) is 33.1 Å². The lowest BCUT2D eigenvalue weighted by atomic mass is 9.73. The normalized spacial score (nSPS) is 19.0. The van der Waals surface area contributed by atoms with Crippen molar-refractivity contribution >= 4 is 50.1 Å². The van der Waals surface area contributed by atoms with Crippen molar-refractivity contribution < 1.29 is 0 Å². The second kappa shape index (κ2) is 12.2. The highest BCUT2D eigenvalue weighted by Gasteiger charge is 2.47. The highest BCUT2D eigenvalue weighted by molar-refractivity contribution is 6.10. The van der Waals surface area contributed by atoms with Gasteiger partial charge in [-0.2, -0.15) is 0 Å². The number of para-hydroxylation sites is 4. The summed E-state index contributed by atoms with van der Waals surface area (Å²) in [7, 11) is 0. The summed E-state index contributed by atoms with van der Waals surface area (Å²) >= 11 is 0. The topological polar surface area (TPSA) is 11.4 Å². The summed E-state index contributed by atoms with van der Waals surface area (Å²) in [5.74, 6) is 0.